The van der Waals surface area contributed by atoms with Gasteiger partial charge in [0.25, 0.3) is 0 Å². The van der Waals surface area contributed by atoms with Crippen molar-refractivity contribution in [2.45, 2.75) is 13.1 Å². The normalized spacial score (nSPS) is 11.3. The van der Waals surface area contributed by atoms with E-state index in [1.54, 1.807) is 12.1 Å². The Bertz CT molecular complexity index is 1850. The second kappa shape index (κ2) is 13.9. The summed E-state index contributed by atoms with van der Waals surface area (Å²) in [5, 5.41) is 48.2. The van der Waals surface area contributed by atoms with Crippen LogP contribution in [0.3, 0.4) is 0 Å². The van der Waals surface area contributed by atoms with E-state index in [-0.39, 0.29) is 68.9 Å². The number of nitrogens with two attached hydrogens (primary N) is 1. The summed E-state index contributed by atoms with van der Waals surface area (Å²) in [7, 11) is 0. The van der Waals surface area contributed by atoms with Gasteiger partial charge < -0.3 is 34.8 Å². The van der Waals surface area contributed by atoms with Crippen LogP contribution in [0.15, 0.2) is 57.7 Å². The van der Waals surface area contributed by atoms with Crippen LogP contribution < -0.4 is 11.3 Å². The molecule has 0 amide bonds. The number of carboxylic acids is 4. The van der Waals surface area contributed by atoms with E-state index in [1.807, 2.05) is 0 Å². The molecule has 46 heavy (non-hydrogen) atoms. The number of hydrogen-bond acceptors (Lipinski definition) is 12. The zero-order valence-corrected chi connectivity index (χ0v) is 23.8. The number of nitrogens with zero attached hydrogens (tertiary/aromatic N) is 2. The monoisotopic (exact) mass is 637 g/mol. The Kier molecular flexibility index (Phi) is 9.96. The highest BCUT2D eigenvalue weighted by Gasteiger charge is 2.26. The van der Waals surface area contributed by atoms with Gasteiger partial charge in [0.05, 0.1) is 31.7 Å². The van der Waals surface area contributed by atoms with Crippen LogP contribution in [0, 0.1) is 0 Å². The van der Waals surface area contributed by atoms with Gasteiger partial charge in [-0.1, -0.05) is 18.2 Å². The molecule has 1 heterocycles. The van der Waals surface area contributed by atoms with E-state index in [0.717, 1.165) is 15.9 Å². The molecule has 7 N–H and O–H groups in total. The van der Waals surface area contributed by atoms with E-state index in [0.29, 0.717) is 0 Å². The molecule has 0 aromatic heterocycles. The molecule has 1 aliphatic carbocycles. The Morgan fingerprint density at radius 1 is 0.739 bits per heavy atom. The van der Waals surface area contributed by atoms with Crippen molar-refractivity contribution < 1.29 is 58.8 Å². The highest BCUT2D eigenvalue weighted by atomic mass is 16.7. The number of hydrogen-bond donors (Lipinski definition) is 6. The average Bonchev–Trinajstić information content (AvgIpc) is 2.95. The van der Waals surface area contributed by atoms with Crippen LogP contribution in [0.2, 0.25) is 0 Å². The number of carbonyl (C=O) groups excluding carboxylic acids is 1. The summed E-state index contributed by atoms with van der Waals surface area (Å²) >= 11 is 0. The summed E-state index contributed by atoms with van der Waals surface area (Å²) in [6.45, 7) is -3.40. The first kappa shape index (κ1) is 33.1. The Hall–Kier alpha value is -5.84. The maximum atomic E-state index is 13.1. The van der Waals surface area contributed by atoms with Gasteiger partial charge in [-0.15, -0.1) is 0 Å². The summed E-state index contributed by atoms with van der Waals surface area (Å²) in [4.78, 5) is 78.0. The van der Waals surface area contributed by atoms with E-state index in [2.05, 4.69) is 4.84 Å². The third-order valence-electron chi connectivity index (χ3n) is 6.85. The first-order valence-corrected chi connectivity index (χ1v) is 13.3. The predicted octanol–water partition coefficient (Wildman–Crippen LogP) is 1.24. The molecule has 2 aromatic rings. The van der Waals surface area contributed by atoms with Crippen LogP contribution in [-0.2, 0) is 37.1 Å². The van der Waals surface area contributed by atoms with E-state index in [4.69, 9.17) is 10.3 Å². The van der Waals surface area contributed by atoms with Gasteiger partial charge in [0.2, 0.25) is 0 Å². The highest BCUT2D eigenvalue weighted by Crippen LogP contribution is 2.43. The summed E-state index contributed by atoms with van der Waals surface area (Å²) in [6, 6.07) is 11.2. The van der Waals surface area contributed by atoms with Crippen LogP contribution in [0.1, 0.15) is 21.5 Å². The number of aromatic hydroxyl groups is 1. The number of carbonyl (C=O) groups is 5. The van der Waals surface area contributed by atoms with Crippen molar-refractivity contribution in [2.24, 2.45) is 5.90 Å². The second-order valence-electron chi connectivity index (χ2n) is 10.2. The van der Waals surface area contributed by atoms with Crippen LogP contribution in [0.4, 0.5) is 0 Å². The standard InChI is InChI=1S/C30H27N3O13/c31-46-30(44)18-4-2-1-3-17(18)29-19-5-15(9-32(11-25(36)37)12-26(38)39)21(34)7-23(19)45-24-8-22(35)16(6-20(24)29)10-33(13-27(40)41)14-28(42)43/h1-8,34H,9-14,31H2,(H,36,37)(H,38,39)(H,40,41)(H,42,43). The molecule has 1 aliphatic heterocycles. The maximum absolute atomic E-state index is 13.1. The smallest absolute Gasteiger partial charge is 0.357 e. The molecule has 2 aliphatic rings. The van der Waals surface area contributed by atoms with Gasteiger partial charge in [-0.2, -0.15) is 5.90 Å². The fraction of sp³-hybridized carbons (Fsp3) is 0.200. The van der Waals surface area contributed by atoms with E-state index < -0.39 is 61.5 Å². The lowest BCUT2D eigenvalue weighted by Gasteiger charge is -2.22. The topological polar surface area (TPSA) is 258 Å². The number of phenols is 1. The van der Waals surface area contributed by atoms with Crippen LogP contribution in [-0.4, -0.2) is 91.4 Å². The largest absolute Gasteiger partial charge is 0.507 e. The first-order valence-electron chi connectivity index (χ1n) is 13.3. The third kappa shape index (κ3) is 7.62. The minimum Gasteiger partial charge on any atom is -0.507 e. The van der Waals surface area contributed by atoms with Gasteiger partial charge in [-0.05, 0) is 23.8 Å². The molecule has 16 nitrogen and oxygen atoms in total. The molecule has 0 saturated heterocycles. The fourth-order valence-electron chi connectivity index (χ4n) is 5.11. The molecule has 0 spiro atoms. The lowest BCUT2D eigenvalue weighted by molar-refractivity contribution is -0.144. The average molecular weight is 638 g/mol. The first-order chi connectivity index (χ1) is 21.8. The Morgan fingerprint density at radius 3 is 1.83 bits per heavy atom. The molecule has 240 valence electrons. The summed E-state index contributed by atoms with van der Waals surface area (Å²) in [5.74, 6) is -1.39. The van der Waals surface area contributed by atoms with E-state index >= 15 is 0 Å². The number of carboxylic acid groups (broad SMARTS) is 4. The SMILES string of the molecule is NOC(=O)c1ccccc1-c1c2cc(CN(CC(=O)O)CC(=O)O)c(=O)cc-2oc2cc(O)c(CN(CC(=O)O)CC(=O)O)cc12. The zero-order valence-electron chi connectivity index (χ0n) is 23.8. The van der Waals surface area contributed by atoms with Crippen molar-refractivity contribution in [2.75, 3.05) is 26.2 Å². The van der Waals surface area contributed by atoms with Gasteiger partial charge in [0, 0.05) is 52.9 Å². The fourth-order valence-corrected chi connectivity index (χ4v) is 5.11. The minimum atomic E-state index is -1.32. The van der Waals surface area contributed by atoms with Crippen molar-refractivity contribution >= 4 is 40.8 Å². The maximum Gasteiger partial charge on any atom is 0.357 e. The molecule has 2 aromatic carbocycles. The molecule has 0 saturated carbocycles. The lowest BCUT2D eigenvalue weighted by Crippen LogP contribution is -2.35. The number of benzene rings is 3. The summed E-state index contributed by atoms with van der Waals surface area (Å²) in [6.07, 6.45) is 0. The van der Waals surface area contributed by atoms with Gasteiger partial charge in [0.1, 0.15) is 17.1 Å². The van der Waals surface area contributed by atoms with Crippen LogP contribution >= 0.6 is 0 Å². The van der Waals surface area contributed by atoms with E-state index in [9.17, 15) is 54.3 Å². The minimum absolute atomic E-state index is 0.00206. The second-order valence-corrected chi connectivity index (χ2v) is 10.2. The lowest BCUT2D eigenvalue weighted by atomic mass is 9.89. The molecule has 0 bridgehead atoms. The Labute approximate surface area is 258 Å². The van der Waals surface area contributed by atoms with Crippen LogP contribution in [0.25, 0.3) is 33.4 Å². The van der Waals surface area contributed by atoms with Gasteiger partial charge in [-0.25, -0.2) is 4.79 Å². The quantitative estimate of drug-likeness (QED) is 0.0839. The van der Waals surface area contributed by atoms with Crippen molar-refractivity contribution in [1.82, 2.24) is 9.80 Å². The van der Waals surface area contributed by atoms with Crippen molar-refractivity contribution in [3.05, 3.63) is 75.4 Å². The van der Waals surface area contributed by atoms with Crippen molar-refractivity contribution in [3.8, 4) is 28.2 Å². The number of rotatable bonds is 14. The molecule has 0 unspecified atom stereocenters. The molecule has 0 atom stereocenters. The zero-order chi connectivity index (χ0) is 33.7. The number of fused-ring (bicyclic) bond motifs is 2. The Morgan fingerprint density at radius 2 is 1.28 bits per heavy atom. The summed E-state index contributed by atoms with van der Waals surface area (Å²) < 4.78 is 5.97. The molecule has 0 fully saturated rings. The van der Waals surface area contributed by atoms with Crippen molar-refractivity contribution in [3.63, 3.8) is 0 Å². The molecule has 16 heteroatoms. The molecular formula is C30H27N3O13. The molecule has 0 radical (unpaired) electrons. The third-order valence-corrected chi connectivity index (χ3v) is 6.85. The number of phenolic OH excluding ortho intramolecular Hbond substituents is 1. The number of aliphatic carboxylic acids is 4. The van der Waals surface area contributed by atoms with Gasteiger partial charge in [0.15, 0.2) is 5.43 Å². The Balaban J connectivity index is 2.03. The van der Waals surface area contributed by atoms with Gasteiger partial charge in [-0.3, -0.25) is 33.8 Å². The summed E-state index contributed by atoms with van der Waals surface area (Å²) in [5.41, 5.74) is 0.186. The predicted molar refractivity (Wildman–Crippen MR) is 157 cm³/mol. The van der Waals surface area contributed by atoms with Gasteiger partial charge >= 0.3 is 29.8 Å². The highest BCUT2D eigenvalue weighted by molar-refractivity contribution is 6.08. The van der Waals surface area contributed by atoms with E-state index in [1.165, 1.54) is 30.3 Å². The van der Waals surface area contributed by atoms with Crippen molar-refractivity contribution in [1.29, 1.82) is 0 Å². The molecular weight excluding hydrogens is 610 g/mol. The molecule has 4 rings (SSSR count). The van der Waals surface area contributed by atoms with Crippen LogP contribution in [0.5, 0.6) is 5.75 Å².